The maximum absolute atomic E-state index is 12.7. The first-order valence-electron chi connectivity index (χ1n) is 8.39. The SMILES string of the molecule is CC1CC=C(c2ccc3ncccc3c2)N(C(=O)OC(C)(C)C)C1. The van der Waals surface area contributed by atoms with Gasteiger partial charge in [-0.3, -0.25) is 9.88 Å². The molecule has 126 valence electrons. The molecule has 24 heavy (non-hydrogen) atoms. The number of benzene rings is 1. The minimum absolute atomic E-state index is 0.286. The number of nitrogens with zero attached hydrogens (tertiary/aromatic N) is 2. The van der Waals surface area contributed by atoms with E-state index in [1.165, 1.54) is 0 Å². The molecule has 1 aromatic heterocycles. The molecule has 1 atom stereocenters. The summed E-state index contributed by atoms with van der Waals surface area (Å²) in [4.78, 5) is 18.8. The molecule has 0 spiro atoms. The molecule has 0 fully saturated rings. The normalized spacial score (nSPS) is 18.4. The molecule has 1 unspecified atom stereocenters. The first-order valence-corrected chi connectivity index (χ1v) is 8.39. The van der Waals surface area contributed by atoms with Crippen molar-refractivity contribution >= 4 is 22.7 Å². The highest BCUT2D eigenvalue weighted by Gasteiger charge is 2.29. The summed E-state index contributed by atoms with van der Waals surface area (Å²) in [5.74, 6) is 0.420. The highest BCUT2D eigenvalue weighted by atomic mass is 16.6. The van der Waals surface area contributed by atoms with Crippen molar-refractivity contribution in [3.05, 3.63) is 48.2 Å². The number of rotatable bonds is 1. The van der Waals surface area contributed by atoms with Crippen LogP contribution in [0.4, 0.5) is 4.79 Å². The zero-order chi connectivity index (χ0) is 17.3. The van der Waals surface area contributed by atoms with Gasteiger partial charge in [0, 0.05) is 18.1 Å². The summed E-state index contributed by atoms with van der Waals surface area (Å²) in [6.07, 6.45) is 4.60. The third-order valence-corrected chi connectivity index (χ3v) is 4.01. The van der Waals surface area contributed by atoms with E-state index in [9.17, 15) is 4.79 Å². The summed E-state index contributed by atoms with van der Waals surface area (Å²) in [5.41, 5.74) is 2.40. The van der Waals surface area contributed by atoms with Crippen LogP contribution in [0.25, 0.3) is 16.6 Å². The van der Waals surface area contributed by atoms with Crippen LogP contribution < -0.4 is 0 Å². The fourth-order valence-electron chi connectivity index (χ4n) is 2.91. The van der Waals surface area contributed by atoms with Gasteiger partial charge in [-0.15, -0.1) is 0 Å². The number of carbonyl (C=O) groups is 1. The monoisotopic (exact) mass is 324 g/mol. The molecule has 4 nitrogen and oxygen atoms in total. The van der Waals surface area contributed by atoms with Crippen LogP contribution in [0, 0.1) is 5.92 Å². The molecule has 1 amide bonds. The highest BCUT2D eigenvalue weighted by Crippen LogP contribution is 2.30. The first kappa shape index (κ1) is 16.5. The Labute approximate surface area is 143 Å². The fraction of sp³-hybridized carbons (Fsp3) is 0.400. The van der Waals surface area contributed by atoms with E-state index in [0.717, 1.165) is 28.6 Å². The van der Waals surface area contributed by atoms with E-state index in [1.807, 2.05) is 45.0 Å². The molecule has 0 radical (unpaired) electrons. The average Bonchev–Trinajstić information content (AvgIpc) is 2.53. The Morgan fingerprint density at radius 3 is 2.83 bits per heavy atom. The van der Waals surface area contributed by atoms with Crippen molar-refractivity contribution < 1.29 is 9.53 Å². The average molecular weight is 324 g/mol. The summed E-state index contributed by atoms with van der Waals surface area (Å²) in [5, 5.41) is 1.07. The van der Waals surface area contributed by atoms with Gasteiger partial charge in [-0.2, -0.15) is 0 Å². The van der Waals surface area contributed by atoms with E-state index in [0.29, 0.717) is 12.5 Å². The fourth-order valence-corrected chi connectivity index (χ4v) is 2.91. The molecule has 3 rings (SSSR count). The van der Waals surface area contributed by atoms with Gasteiger partial charge in [0.25, 0.3) is 0 Å². The molecule has 0 saturated heterocycles. The Kier molecular flexibility index (Phi) is 4.31. The number of fused-ring (bicyclic) bond motifs is 1. The number of hydrogen-bond donors (Lipinski definition) is 0. The van der Waals surface area contributed by atoms with Crippen LogP contribution in [-0.4, -0.2) is 28.1 Å². The Hall–Kier alpha value is -2.36. The maximum atomic E-state index is 12.7. The quantitative estimate of drug-likeness (QED) is 0.753. The minimum Gasteiger partial charge on any atom is -0.443 e. The standard InChI is InChI=1S/C20H24N2O2/c1-14-7-10-18(22(13-14)19(23)24-20(2,3)4)16-8-9-17-15(12-16)6-5-11-21-17/h5-6,8-12,14H,7,13H2,1-4H3. The maximum Gasteiger partial charge on any atom is 0.414 e. The summed E-state index contributed by atoms with van der Waals surface area (Å²) >= 11 is 0. The number of hydrogen-bond acceptors (Lipinski definition) is 3. The van der Waals surface area contributed by atoms with Crippen LogP contribution in [0.15, 0.2) is 42.6 Å². The molecule has 0 aliphatic carbocycles. The minimum atomic E-state index is -0.504. The van der Waals surface area contributed by atoms with E-state index in [2.05, 4.69) is 24.1 Å². The smallest absolute Gasteiger partial charge is 0.414 e. The second-order valence-corrected chi connectivity index (χ2v) is 7.43. The van der Waals surface area contributed by atoms with Crippen LogP contribution in [0.5, 0.6) is 0 Å². The highest BCUT2D eigenvalue weighted by molar-refractivity contribution is 5.87. The lowest BCUT2D eigenvalue weighted by molar-refractivity contribution is 0.0327. The van der Waals surface area contributed by atoms with Gasteiger partial charge in [0.1, 0.15) is 5.60 Å². The summed E-state index contributed by atoms with van der Waals surface area (Å²) in [6.45, 7) is 8.50. The van der Waals surface area contributed by atoms with Crippen LogP contribution in [0.1, 0.15) is 39.7 Å². The summed E-state index contributed by atoms with van der Waals surface area (Å²) in [7, 11) is 0. The van der Waals surface area contributed by atoms with Gasteiger partial charge in [0.2, 0.25) is 0 Å². The van der Waals surface area contributed by atoms with Crippen molar-refractivity contribution in [3.8, 4) is 0 Å². The number of amides is 1. The molecule has 2 aromatic rings. The lowest BCUT2D eigenvalue weighted by Crippen LogP contribution is -2.39. The van der Waals surface area contributed by atoms with E-state index in [1.54, 1.807) is 11.1 Å². The van der Waals surface area contributed by atoms with Gasteiger partial charge < -0.3 is 4.74 Å². The first-order chi connectivity index (χ1) is 11.3. The van der Waals surface area contributed by atoms with Crippen molar-refractivity contribution in [2.24, 2.45) is 5.92 Å². The molecule has 2 heterocycles. The zero-order valence-corrected chi connectivity index (χ0v) is 14.7. The Balaban J connectivity index is 1.96. The van der Waals surface area contributed by atoms with Crippen molar-refractivity contribution in [2.45, 2.75) is 39.7 Å². The van der Waals surface area contributed by atoms with Crippen molar-refractivity contribution in [1.29, 1.82) is 0 Å². The molecule has 4 heteroatoms. The molecule has 0 bridgehead atoms. The second-order valence-electron chi connectivity index (χ2n) is 7.43. The molecule has 1 aliphatic rings. The van der Waals surface area contributed by atoms with Crippen LogP contribution in [0.3, 0.4) is 0 Å². The van der Waals surface area contributed by atoms with Crippen LogP contribution >= 0.6 is 0 Å². The van der Waals surface area contributed by atoms with Crippen LogP contribution in [0.2, 0.25) is 0 Å². The third-order valence-electron chi connectivity index (χ3n) is 4.01. The number of allylic oxidation sites excluding steroid dienone is 1. The Morgan fingerprint density at radius 2 is 2.08 bits per heavy atom. The van der Waals surface area contributed by atoms with Crippen molar-refractivity contribution in [2.75, 3.05) is 6.54 Å². The Morgan fingerprint density at radius 1 is 1.29 bits per heavy atom. The van der Waals surface area contributed by atoms with Gasteiger partial charge in [0.15, 0.2) is 0 Å². The topological polar surface area (TPSA) is 42.4 Å². The van der Waals surface area contributed by atoms with Gasteiger partial charge >= 0.3 is 6.09 Å². The van der Waals surface area contributed by atoms with Gasteiger partial charge in [-0.1, -0.05) is 25.1 Å². The van der Waals surface area contributed by atoms with Crippen molar-refractivity contribution in [3.63, 3.8) is 0 Å². The van der Waals surface area contributed by atoms with Gasteiger partial charge in [-0.25, -0.2) is 4.79 Å². The Bertz CT molecular complexity index is 790. The number of aromatic nitrogens is 1. The second kappa shape index (κ2) is 6.27. The summed E-state index contributed by atoms with van der Waals surface area (Å²) in [6, 6.07) is 10.1. The predicted molar refractivity (Wildman–Crippen MR) is 96.4 cm³/mol. The summed E-state index contributed by atoms with van der Waals surface area (Å²) < 4.78 is 5.60. The number of ether oxygens (including phenoxy) is 1. The molecule has 0 saturated carbocycles. The van der Waals surface area contributed by atoms with E-state index in [-0.39, 0.29) is 6.09 Å². The molecule has 1 aliphatic heterocycles. The van der Waals surface area contributed by atoms with Crippen molar-refractivity contribution in [1.82, 2.24) is 9.88 Å². The molecular weight excluding hydrogens is 300 g/mol. The molecular formula is C20H24N2O2. The van der Waals surface area contributed by atoms with E-state index >= 15 is 0 Å². The van der Waals surface area contributed by atoms with E-state index in [4.69, 9.17) is 4.74 Å². The largest absolute Gasteiger partial charge is 0.443 e. The lowest BCUT2D eigenvalue weighted by Gasteiger charge is -2.34. The number of carbonyl (C=O) groups excluding carboxylic acids is 1. The lowest BCUT2D eigenvalue weighted by atomic mass is 9.97. The van der Waals surface area contributed by atoms with Crippen LogP contribution in [-0.2, 0) is 4.74 Å². The van der Waals surface area contributed by atoms with E-state index < -0.39 is 5.60 Å². The van der Waals surface area contributed by atoms with Gasteiger partial charge in [-0.05, 0) is 56.9 Å². The predicted octanol–water partition coefficient (Wildman–Crippen LogP) is 4.85. The third kappa shape index (κ3) is 3.58. The van der Waals surface area contributed by atoms with Gasteiger partial charge in [0.05, 0.1) is 11.2 Å². The number of pyridine rings is 1. The molecule has 0 N–H and O–H groups in total. The molecule has 1 aromatic carbocycles. The zero-order valence-electron chi connectivity index (χ0n) is 14.7.